The number of hydrogen-bond acceptors (Lipinski definition) is 5. The Morgan fingerprint density at radius 3 is 2.81 bits per heavy atom. The molecule has 140 valence electrons. The van der Waals surface area contributed by atoms with Crippen LogP contribution in [0.2, 0.25) is 0 Å². The molecule has 2 aliphatic rings. The second-order valence-corrected chi connectivity index (χ2v) is 6.59. The van der Waals surface area contributed by atoms with E-state index in [2.05, 4.69) is 15.5 Å². The van der Waals surface area contributed by atoms with Gasteiger partial charge in [-0.05, 0) is 31.9 Å². The molecule has 1 saturated heterocycles. The van der Waals surface area contributed by atoms with E-state index in [0.29, 0.717) is 24.4 Å². The number of aliphatic hydroxyl groups is 1. The molecule has 0 spiro atoms. The molecule has 1 aromatic carbocycles. The fraction of sp³-hybridized carbons (Fsp3) is 0.474. The van der Waals surface area contributed by atoms with Crippen molar-refractivity contribution in [2.75, 3.05) is 26.2 Å². The zero-order valence-corrected chi connectivity index (χ0v) is 14.9. The average Bonchev–Trinajstić information content (AvgIpc) is 2.62. The number of β-amino-alcohol motifs (C(OH)–C–C–N with tert-alkyl or cyclic N) is 1. The van der Waals surface area contributed by atoms with Crippen LogP contribution in [-0.4, -0.2) is 54.4 Å². The Bertz CT molecular complexity index is 689. The number of carbonyl (C=O) groups excluding carboxylic acids is 2. The molecule has 0 aliphatic carbocycles. The van der Waals surface area contributed by atoms with E-state index in [1.165, 1.54) is 0 Å². The summed E-state index contributed by atoms with van der Waals surface area (Å²) in [7, 11) is 0. The monoisotopic (exact) mass is 359 g/mol. The van der Waals surface area contributed by atoms with Crippen molar-refractivity contribution in [2.45, 2.75) is 31.9 Å². The largest absolute Gasteiger partial charge is 0.463 e. The Balaban J connectivity index is 1.95. The number of piperidine rings is 1. The minimum absolute atomic E-state index is 0.257. The first kappa shape index (κ1) is 18.4. The number of likely N-dealkylation sites (tertiary alicyclic amines) is 1. The van der Waals surface area contributed by atoms with Gasteiger partial charge in [-0.15, -0.1) is 0 Å². The zero-order chi connectivity index (χ0) is 18.5. The Morgan fingerprint density at radius 1 is 1.35 bits per heavy atom. The number of amides is 2. The number of ether oxygens (including phenoxy) is 1. The fourth-order valence-electron chi connectivity index (χ4n) is 3.49. The molecule has 26 heavy (non-hydrogen) atoms. The molecule has 0 aromatic heterocycles. The molecule has 7 nitrogen and oxygen atoms in total. The van der Waals surface area contributed by atoms with Crippen LogP contribution in [0.5, 0.6) is 0 Å². The lowest BCUT2D eigenvalue weighted by molar-refractivity contribution is -0.139. The number of esters is 1. The average molecular weight is 359 g/mol. The quantitative estimate of drug-likeness (QED) is 0.690. The van der Waals surface area contributed by atoms with Gasteiger partial charge in [0, 0.05) is 18.8 Å². The number of nitrogens with one attached hydrogen (secondary N) is 2. The molecule has 2 aliphatic heterocycles. The topological polar surface area (TPSA) is 90.9 Å². The third-order valence-electron chi connectivity index (χ3n) is 4.64. The first-order valence-corrected chi connectivity index (χ1v) is 9.01. The Morgan fingerprint density at radius 2 is 2.12 bits per heavy atom. The van der Waals surface area contributed by atoms with Crippen LogP contribution in [0.15, 0.2) is 41.6 Å². The maximum atomic E-state index is 12.7. The van der Waals surface area contributed by atoms with E-state index in [1.54, 1.807) is 6.92 Å². The van der Waals surface area contributed by atoms with Gasteiger partial charge in [-0.3, -0.25) is 4.90 Å². The molecule has 2 unspecified atom stereocenters. The van der Waals surface area contributed by atoms with Gasteiger partial charge in [0.25, 0.3) is 0 Å². The zero-order valence-electron chi connectivity index (χ0n) is 14.9. The minimum Gasteiger partial charge on any atom is -0.463 e. The van der Waals surface area contributed by atoms with E-state index in [9.17, 15) is 14.7 Å². The highest BCUT2D eigenvalue weighted by molar-refractivity contribution is 5.95. The second-order valence-electron chi connectivity index (χ2n) is 6.59. The third kappa shape index (κ3) is 4.23. The summed E-state index contributed by atoms with van der Waals surface area (Å²) < 4.78 is 5.25. The number of aliphatic hydroxyl groups excluding tert-OH is 1. The molecule has 7 heteroatoms. The van der Waals surface area contributed by atoms with Crippen molar-refractivity contribution < 1.29 is 19.4 Å². The van der Waals surface area contributed by atoms with Crippen molar-refractivity contribution in [3.63, 3.8) is 0 Å². The summed E-state index contributed by atoms with van der Waals surface area (Å²) in [5.74, 6) is -0.443. The van der Waals surface area contributed by atoms with E-state index >= 15 is 0 Å². The Hall–Kier alpha value is -2.38. The molecular formula is C19H25N3O4. The standard InChI is InChI=1S/C19H25N3O4/c1-2-26-18(24)16-15(12-22-10-6-9-14(23)11-22)20-19(25)21-17(16)13-7-4-3-5-8-13/h3-5,7-8,14,17,23H,2,6,9-12H2,1H3,(H2,20,21,25). The molecule has 3 N–H and O–H groups in total. The SMILES string of the molecule is CCOC(=O)C1=C(CN2CCCC(O)C2)NC(=O)NC1c1ccccc1. The van der Waals surface area contributed by atoms with Crippen molar-refractivity contribution in [3.8, 4) is 0 Å². The van der Waals surface area contributed by atoms with Crippen molar-refractivity contribution in [1.82, 2.24) is 15.5 Å². The summed E-state index contributed by atoms with van der Waals surface area (Å²) in [4.78, 5) is 26.9. The lowest BCUT2D eigenvalue weighted by atomic mass is 9.94. The number of rotatable bonds is 5. The van der Waals surface area contributed by atoms with Gasteiger partial charge in [0.2, 0.25) is 0 Å². The van der Waals surface area contributed by atoms with Gasteiger partial charge in [-0.1, -0.05) is 30.3 Å². The molecular weight excluding hydrogens is 334 g/mol. The summed E-state index contributed by atoms with van der Waals surface area (Å²) in [6, 6.07) is 8.46. The number of carbonyl (C=O) groups is 2. The normalized spacial score (nSPS) is 24.0. The fourth-order valence-corrected chi connectivity index (χ4v) is 3.49. The van der Waals surface area contributed by atoms with E-state index < -0.39 is 12.0 Å². The summed E-state index contributed by atoms with van der Waals surface area (Å²) in [6.45, 7) is 3.75. The molecule has 0 bridgehead atoms. The maximum Gasteiger partial charge on any atom is 0.338 e. The van der Waals surface area contributed by atoms with Crippen LogP contribution >= 0.6 is 0 Å². The van der Waals surface area contributed by atoms with Crippen molar-refractivity contribution in [1.29, 1.82) is 0 Å². The van der Waals surface area contributed by atoms with Crippen molar-refractivity contribution >= 4 is 12.0 Å². The first-order valence-electron chi connectivity index (χ1n) is 9.01. The summed E-state index contributed by atoms with van der Waals surface area (Å²) in [6.07, 6.45) is 1.29. The summed E-state index contributed by atoms with van der Waals surface area (Å²) in [5, 5.41) is 15.5. The highest BCUT2D eigenvalue weighted by atomic mass is 16.5. The number of benzene rings is 1. The van der Waals surface area contributed by atoms with Gasteiger partial charge in [-0.2, -0.15) is 0 Å². The van der Waals surface area contributed by atoms with Gasteiger partial charge in [0.05, 0.1) is 24.3 Å². The maximum absolute atomic E-state index is 12.7. The van der Waals surface area contributed by atoms with Crippen LogP contribution in [0, 0.1) is 0 Å². The van der Waals surface area contributed by atoms with Crippen LogP contribution < -0.4 is 10.6 Å². The van der Waals surface area contributed by atoms with Gasteiger partial charge in [0.15, 0.2) is 0 Å². The van der Waals surface area contributed by atoms with Crippen LogP contribution in [0.25, 0.3) is 0 Å². The van der Waals surface area contributed by atoms with Crippen LogP contribution in [-0.2, 0) is 9.53 Å². The van der Waals surface area contributed by atoms with Gasteiger partial charge in [-0.25, -0.2) is 9.59 Å². The summed E-state index contributed by atoms with van der Waals surface area (Å²) in [5.41, 5.74) is 1.77. The van der Waals surface area contributed by atoms with E-state index in [-0.39, 0.29) is 18.7 Å². The lowest BCUT2D eigenvalue weighted by Gasteiger charge is -2.34. The van der Waals surface area contributed by atoms with Crippen molar-refractivity contribution in [3.05, 3.63) is 47.2 Å². The third-order valence-corrected chi connectivity index (χ3v) is 4.64. The van der Waals surface area contributed by atoms with E-state index in [1.807, 2.05) is 30.3 Å². The Labute approximate surface area is 153 Å². The molecule has 3 rings (SSSR count). The molecule has 0 saturated carbocycles. The molecule has 1 fully saturated rings. The smallest absolute Gasteiger partial charge is 0.338 e. The Kier molecular flexibility index (Phi) is 5.90. The number of hydrogen-bond donors (Lipinski definition) is 3. The predicted octanol–water partition coefficient (Wildman–Crippen LogP) is 1.31. The molecule has 0 radical (unpaired) electrons. The number of urea groups is 1. The van der Waals surface area contributed by atoms with Gasteiger partial charge >= 0.3 is 12.0 Å². The van der Waals surface area contributed by atoms with E-state index in [0.717, 1.165) is 24.9 Å². The highest BCUT2D eigenvalue weighted by Crippen LogP contribution is 2.28. The second kappa shape index (κ2) is 8.33. The molecule has 1 aromatic rings. The van der Waals surface area contributed by atoms with Crippen molar-refractivity contribution in [2.24, 2.45) is 0 Å². The van der Waals surface area contributed by atoms with Crippen LogP contribution in [0.3, 0.4) is 0 Å². The molecule has 2 amide bonds. The van der Waals surface area contributed by atoms with Crippen LogP contribution in [0.1, 0.15) is 31.4 Å². The van der Waals surface area contributed by atoms with E-state index in [4.69, 9.17) is 4.74 Å². The van der Waals surface area contributed by atoms with Gasteiger partial charge < -0.3 is 20.5 Å². The molecule has 2 atom stereocenters. The van der Waals surface area contributed by atoms with Crippen LogP contribution in [0.4, 0.5) is 4.79 Å². The minimum atomic E-state index is -0.561. The lowest BCUT2D eigenvalue weighted by Crippen LogP contribution is -2.49. The number of nitrogens with zero attached hydrogens (tertiary/aromatic N) is 1. The predicted molar refractivity (Wildman–Crippen MR) is 96.2 cm³/mol. The summed E-state index contributed by atoms with van der Waals surface area (Å²) >= 11 is 0. The highest BCUT2D eigenvalue weighted by Gasteiger charge is 2.34. The molecule has 2 heterocycles. The van der Waals surface area contributed by atoms with Gasteiger partial charge in [0.1, 0.15) is 0 Å². The first-order chi connectivity index (χ1) is 12.6.